The molecule has 2 aromatic heterocycles. The summed E-state index contributed by atoms with van der Waals surface area (Å²) in [7, 11) is 0. The van der Waals surface area contributed by atoms with Crippen molar-refractivity contribution in [2.24, 2.45) is 11.8 Å². The predicted octanol–water partition coefficient (Wildman–Crippen LogP) is 11.7. The number of hydrogen-bond donors (Lipinski definition) is 1. The Hall–Kier alpha value is -3.01. The number of ketones is 1. The van der Waals surface area contributed by atoms with Crippen molar-refractivity contribution < 1.29 is 37.2 Å². The number of furan rings is 1. The molecule has 4 aromatic rings. The first-order valence-corrected chi connectivity index (χ1v) is 16.0. The number of carbonyl (C=O) groups excluding carboxylic acids is 1. The summed E-state index contributed by atoms with van der Waals surface area (Å²) >= 11 is 0. The van der Waals surface area contributed by atoms with Gasteiger partial charge in [0, 0.05) is 51.7 Å². The maximum atomic E-state index is 11.7. The Labute approximate surface area is 287 Å². The number of aliphatic hydroxyl groups is 1. The van der Waals surface area contributed by atoms with Crippen LogP contribution < -0.4 is 0 Å². The third-order valence-corrected chi connectivity index (χ3v) is 8.30. The van der Waals surface area contributed by atoms with Crippen LogP contribution in [0.5, 0.6) is 0 Å². The maximum Gasteiger partial charge on any atom is 0.162 e. The fourth-order valence-corrected chi connectivity index (χ4v) is 5.68. The number of pyridine rings is 1. The van der Waals surface area contributed by atoms with Crippen molar-refractivity contribution in [3.63, 3.8) is 0 Å². The van der Waals surface area contributed by atoms with Crippen LogP contribution in [0.2, 0.25) is 0 Å². The minimum atomic E-state index is -0.826. The zero-order valence-electron chi connectivity index (χ0n) is 30.7. The second kappa shape index (κ2) is 17.6. The number of aryl methyl sites for hydroxylation is 2. The fraction of sp³-hybridized carbons (Fsp3) is 0.450. The molecule has 0 spiro atoms. The number of nitrogens with zero attached hydrogens (tertiary/aromatic N) is 1. The maximum absolute atomic E-state index is 11.7. The van der Waals surface area contributed by atoms with Crippen LogP contribution in [-0.4, -0.2) is 15.9 Å². The summed E-state index contributed by atoms with van der Waals surface area (Å²) in [4.78, 5) is 16.3. The number of fused-ring (bicyclic) bond motifs is 1. The Bertz CT molecular complexity index is 1620. The average Bonchev–Trinajstić information content (AvgIpc) is 3.40. The van der Waals surface area contributed by atoms with Gasteiger partial charge in [0.2, 0.25) is 0 Å². The van der Waals surface area contributed by atoms with Gasteiger partial charge in [-0.1, -0.05) is 93.5 Å². The third-order valence-electron chi connectivity index (χ3n) is 8.30. The van der Waals surface area contributed by atoms with Gasteiger partial charge in [-0.2, -0.15) is 0 Å². The second-order valence-electron chi connectivity index (χ2n) is 12.2. The molecule has 2 aromatic carbocycles. The van der Waals surface area contributed by atoms with Gasteiger partial charge in [0.15, 0.2) is 11.4 Å². The van der Waals surface area contributed by atoms with Gasteiger partial charge in [0.1, 0.15) is 5.76 Å². The molecular formula is C40H52IrNO3-. The van der Waals surface area contributed by atoms with E-state index in [1.165, 1.54) is 11.6 Å². The molecule has 0 aliphatic carbocycles. The summed E-state index contributed by atoms with van der Waals surface area (Å²) in [6.45, 7) is 19.6. The fourth-order valence-electron chi connectivity index (χ4n) is 5.68. The average molecular weight is 789 g/mol. The molecule has 0 unspecified atom stereocenters. The molecule has 4 rings (SSSR count). The van der Waals surface area contributed by atoms with Crippen LogP contribution in [-0.2, 0) is 24.9 Å². The Morgan fingerprint density at radius 1 is 0.933 bits per heavy atom. The van der Waals surface area contributed by atoms with E-state index >= 15 is 0 Å². The van der Waals surface area contributed by atoms with Gasteiger partial charge >= 0.3 is 0 Å². The quantitative estimate of drug-likeness (QED) is 0.0934. The van der Waals surface area contributed by atoms with Gasteiger partial charge < -0.3 is 14.5 Å². The zero-order valence-corrected chi connectivity index (χ0v) is 31.1. The van der Waals surface area contributed by atoms with E-state index in [2.05, 4.69) is 30.1 Å². The monoisotopic (exact) mass is 789 g/mol. The Balaban J connectivity index is 0.000000410. The zero-order chi connectivity index (χ0) is 34.4. The van der Waals surface area contributed by atoms with Crippen LogP contribution >= 0.6 is 0 Å². The van der Waals surface area contributed by atoms with Crippen molar-refractivity contribution in [3.05, 3.63) is 88.8 Å². The van der Waals surface area contributed by atoms with Crippen molar-refractivity contribution in [1.29, 1.82) is 0 Å². The Morgan fingerprint density at radius 3 is 2.02 bits per heavy atom. The summed E-state index contributed by atoms with van der Waals surface area (Å²) in [5.74, 6) is -0.434. The van der Waals surface area contributed by atoms with Crippen LogP contribution in [0.4, 0.5) is 0 Å². The minimum Gasteiger partial charge on any atom is -0.512 e. The molecule has 0 fully saturated rings. The van der Waals surface area contributed by atoms with Gasteiger partial charge in [0.25, 0.3) is 0 Å². The molecule has 0 aliphatic rings. The molecule has 2 heterocycles. The van der Waals surface area contributed by atoms with Gasteiger partial charge in [-0.3, -0.25) is 4.79 Å². The molecule has 0 saturated heterocycles. The summed E-state index contributed by atoms with van der Waals surface area (Å²) in [6.07, 6.45) is 6.66. The number of hydrogen-bond acceptors (Lipinski definition) is 4. The van der Waals surface area contributed by atoms with Crippen LogP contribution in [0.1, 0.15) is 118 Å². The van der Waals surface area contributed by atoms with Crippen LogP contribution in [0.3, 0.4) is 0 Å². The Morgan fingerprint density at radius 2 is 1.51 bits per heavy atom. The van der Waals surface area contributed by atoms with Crippen molar-refractivity contribution in [3.8, 4) is 22.6 Å². The van der Waals surface area contributed by atoms with Gasteiger partial charge in [-0.15, -0.1) is 34.9 Å². The predicted molar refractivity (Wildman–Crippen MR) is 185 cm³/mol. The van der Waals surface area contributed by atoms with E-state index in [1.54, 1.807) is 6.20 Å². The molecule has 1 radical (unpaired) electrons. The second-order valence-corrected chi connectivity index (χ2v) is 12.2. The molecule has 0 aliphatic heterocycles. The number of aliphatic hydroxyl groups excluding tert-OH is 1. The van der Waals surface area contributed by atoms with Gasteiger partial charge in [-0.25, -0.2) is 0 Å². The molecule has 5 heteroatoms. The smallest absolute Gasteiger partial charge is 0.162 e. The van der Waals surface area contributed by atoms with Crippen molar-refractivity contribution in [2.75, 3.05) is 0 Å². The minimum absolute atomic E-state index is 0. The van der Waals surface area contributed by atoms with E-state index in [0.29, 0.717) is 11.3 Å². The molecule has 45 heavy (non-hydrogen) atoms. The van der Waals surface area contributed by atoms with E-state index in [4.69, 9.17) is 7.16 Å². The molecule has 245 valence electrons. The van der Waals surface area contributed by atoms with Crippen LogP contribution in [0.25, 0.3) is 33.6 Å². The SMILES string of the molecule is CCC(CC)C(=O)/C=C(\O)C(CC)CC.[2H]C(C)(C)c1cccc(C([2H])(C)C)c1-c1cc2cc(-c3[c-]c(C)cc(C)c3)ncc2o1.[Ir]. The standard InChI is InChI=1S/C27H28NO.C13H24O2.Ir/c1-16(2)22-8-7-9-23(17(3)4)27(22)25-14-21-13-24(28-15-26(21)29-25)20-11-18(5)10-19(6)12-20;1-5-10(6-2)12(14)9-13(15)11(7-3)8-4;/h7-11,13-17H,1-6H3;9-11,14H,5-8H2,1-4H3;/q-1;;/b;12-9-;/i16D,17D;;. The molecule has 1 N–H and O–H groups in total. The summed E-state index contributed by atoms with van der Waals surface area (Å²) < 4.78 is 23.6. The van der Waals surface area contributed by atoms with Crippen LogP contribution in [0, 0.1) is 31.7 Å². The van der Waals surface area contributed by atoms with E-state index in [1.807, 2.05) is 92.6 Å². The van der Waals surface area contributed by atoms with E-state index in [-0.39, 0.29) is 43.5 Å². The number of benzene rings is 2. The van der Waals surface area contributed by atoms with Crippen LogP contribution in [0.15, 0.2) is 64.9 Å². The number of rotatable bonds is 11. The molecule has 4 nitrogen and oxygen atoms in total. The first-order chi connectivity index (χ1) is 21.5. The van der Waals surface area contributed by atoms with Gasteiger partial charge in [-0.05, 0) is 60.4 Å². The molecule has 0 bridgehead atoms. The number of carbonyl (C=O) groups is 1. The topological polar surface area (TPSA) is 63.3 Å². The molecule has 0 saturated carbocycles. The van der Waals surface area contributed by atoms with Gasteiger partial charge in [0.05, 0.1) is 12.0 Å². The van der Waals surface area contributed by atoms with E-state index in [0.717, 1.165) is 64.6 Å². The first-order valence-electron chi connectivity index (χ1n) is 17.0. The third kappa shape index (κ3) is 9.74. The molecule has 0 atom stereocenters. The molecule has 0 amide bonds. The van der Waals surface area contributed by atoms with Crippen molar-refractivity contribution >= 4 is 16.8 Å². The molecular weight excluding hydrogens is 735 g/mol. The van der Waals surface area contributed by atoms with Crippen molar-refractivity contribution in [1.82, 2.24) is 4.98 Å². The summed E-state index contributed by atoms with van der Waals surface area (Å²) in [6, 6.07) is 17.4. The van der Waals surface area contributed by atoms with Crippen molar-refractivity contribution in [2.45, 2.75) is 107 Å². The first kappa shape index (κ1) is 34.9. The van der Waals surface area contributed by atoms with E-state index < -0.39 is 11.8 Å². The normalized spacial score (nSPS) is 12.8. The summed E-state index contributed by atoms with van der Waals surface area (Å²) in [5, 5.41) is 10.7. The largest absolute Gasteiger partial charge is 0.512 e. The van der Waals surface area contributed by atoms with E-state index in [9.17, 15) is 9.90 Å². The Kier molecular flexibility index (Phi) is 13.6. The number of allylic oxidation sites excluding steroid dienone is 2. The summed E-state index contributed by atoms with van der Waals surface area (Å²) in [5.41, 5.74) is 7.28. The number of aromatic nitrogens is 1.